The van der Waals surface area contributed by atoms with Gasteiger partial charge < -0.3 is 9.64 Å². The third-order valence-corrected chi connectivity index (χ3v) is 4.86. The van der Waals surface area contributed by atoms with Gasteiger partial charge in [0.25, 0.3) is 5.91 Å². The fraction of sp³-hybridized carbons (Fsp3) is 0.250. The lowest BCUT2D eigenvalue weighted by atomic mass is 10.0. The summed E-state index contributed by atoms with van der Waals surface area (Å²) in [6.45, 7) is 2.54. The number of ether oxygens (including phenoxy) is 1. The molecule has 0 unspecified atom stereocenters. The smallest absolute Gasteiger partial charge is 0.253 e. The average Bonchev–Trinajstić information content (AvgIpc) is 2.76. The molecular formula is C24H26N2O2. The summed E-state index contributed by atoms with van der Waals surface area (Å²) < 4.78 is 5.83. The molecule has 4 nitrogen and oxygen atoms in total. The predicted octanol–water partition coefficient (Wildman–Crippen LogP) is 4.75. The SMILES string of the molecule is CC[C@@H](Cc1ccccc1)N(C)C(=O)c1cccc(OCc2cccnc2)c1. The van der Waals surface area contributed by atoms with E-state index < -0.39 is 0 Å². The Bertz CT molecular complexity index is 881. The van der Waals surface area contributed by atoms with Gasteiger partial charge in [0.15, 0.2) is 0 Å². The summed E-state index contributed by atoms with van der Waals surface area (Å²) in [4.78, 5) is 19.0. The van der Waals surface area contributed by atoms with Crippen molar-refractivity contribution < 1.29 is 9.53 Å². The minimum atomic E-state index is 0.00890. The maximum atomic E-state index is 13.0. The molecule has 3 rings (SSSR count). The summed E-state index contributed by atoms with van der Waals surface area (Å²) in [5.74, 6) is 0.689. The molecule has 0 saturated heterocycles. The Hall–Kier alpha value is -3.14. The second kappa shape index (κ2) is 9.70. The summed E-state index contributed by atoms with van der Waals surface area (Å²) >= 11 is 0. The van der Waals surface area contributed by atoms with Crippen molar-refractivity contribution in [3.8, 4) is 5.75 Å². The third-order valence-electron chi connectivity index (χ3n) is 4.86. The first-order valence-electron chi connectivity index (χ1n) is 9.60. The Kier molecular flexibility index (Phi) is 6.79. The fourth-order valence-electron chi connectivity index (χ4n) is 3.18. The first-order valence-corrected chi connectivity index (χ1v) is 9.60. The molecule has 0 spiro atoms. The van der Waals surface area contributed by atoms with Crippen LogP contribution in [0.3, 0.4) is 0 Å². The number of benzene rings is 2. The number of amides is 1. The lowest BCUT2D eigenvalue weighted by molar-refractivity contribution is 0.0726. The van der Waals surface area contributed by atoms with Crippen molar-refractivity contribution in [3.63, 3.8) is 0 Å². The van der Waals surface area contributed by atoms with E-state index in [-0.39, 0.29) is 11.9 Å². The van der Waals surface area contributed by atoms with Crippen LogP contribution in [0.2, 0.25) is 0 Å². The molecule has 0 aliphatic heterocycles. The summed E-state index contributed by atoms with van der Waals surface area (Å²) in [7, 11) is 1.88. The van der Waals surface area contributed by atoms with Crippen molar-refractivity contribution in [2.45, 2.75) is 32.4 Å². The van der Waals surface area contributed by atoms with E-state index in [1.165, 1.54) is 5.56 Å². The molecule has 3 aromatic rings. The molecule has 28 heavy (non-hydrogen) atoms. The van der Waals surface area contributed by atoms with Crippen LogP contribution in [0.15, 0.2) is 79.1 Å². The average molecular weight is 374 g/mol. The van der Waals surface area contributed by atoms with Crippen LogP contribution in [0.25, 0.3) is 0 Å². The van der Waals surface area contributed by atoms with Gasteiger partial charge in [-0.15, -0.1) is 0 Å². The molecule has 2 aromatic carbocycles. The second-order valence-corrected chi connectivity index (χ2v) is 6.85. The van der Waals surface area contributed by atoms with E-state index in [0.29, 0.717) is 17.9 Å². The Morgan fingerprint density at radius 2 is 1.82 bits per heavy atom. The van der Waals surface area contributed by atoms with E-state index in [1.54, 1.807) is 12.4 Å². The van der Waals surface area contributed by atoms with Gasteiger partial charge in [0.2, 0.25) is 0 Å². The number of rotatable bonds is 8. The van der Waals surface area contributed by atoms with E-state index in [9.17, 15) is 4.79 Å². The van der Waals surface area contributed by atoms with Crippen molar-refractivity contribution in [2.75, 3.05) is 7.05 Å². The van der Waals surface area contributed by atoms with Crippen LogP contribution in [-0.4, -0.2) is 28.9 Å². The first-order chi connectivity index (χ1) is 13.7. The molecule has 144 valence electrons. The van der Waals surface area contributed by atoms with Gasteiger partial charge in [-0.1, -0.05) is 49.4 Å². The number of hydrogen-bond donors (Lipinski definition) is 0. The molecule has 0 saturated carbocycles. The number of likely N-dealkylation sites (N-methyl/N-ethyl adjacent to an activating group) is 1. The number of carbonyl (C=O) groups is 1. The van der Waals surface area contributed by atoms with E-state index in [4.69, 9.17) is 4.74 Å². The molecule has 0 aliphatic rings. The van der Waals surface area contributed by atoms with E-state index in [2.05, 4.69) is 24.0 Å². The van der Waals surface area contributed by atoms with E-state index in [0.717, 1.165) is 18.4 Å². The highest BCUT2D eigenvalue weighted by molar-refractivity contribution is 5.94. The summed E-state index contributed by atoms with van der Waals surface area (Å²) in [5, 5.41) is 0. The van der Waals surface area contributed by atoms with Crippen LogP contribution in [0.5, 0.6) is 5.75 Å². The van der Waals surface area contributed by atoms with Crippen molar-refractivity contribution in [1.82, 2.24) is 9.88 Å². The fourth-order valence-corrected chi connectivity index (χ4v) is 3.18. The van der Waals surface area contributed by atoms with Gasteiger partial charge in [-0.2, -0.15) is 0 Å². The number of hydrogen-bond acceptors (Lipinski definition) is 3. The molecule has 1 amide bonds. The first kappa shape index (κ1) is 19.6. The van der Waals surface area contributed by atoms with Gasteiger partial charge in [0, 0.05) is 36.6 Å². The van der Waals surface area contributed by atoms with Crippen LogP contribution >= 0.6 is 0 Å². The minimum absolute atomic E-state index is 0.00890. The van der Waals surface area contributed by atoms with Gasteiger partial charge in [-0.25, -0.2) is 0 Å². The summed E-state index contributed by atoms with van der Waals surface area (Å²) in [6.07, 6.45) is 5.25. The molecule has 0 aliphatic carbocycles. The zero-order valence-corrected chi connectivity index (χ0v) is 16.4. The van der Waals surface area contributed by atoms with Crippen molar-refractivity contribution in [3.05, 3.63) is 95.8 Å². The maximum Gasteiger partial charge on any atom is 0.253 e. The maximum absolute atomic E-state index is 13.0. The molecule has 4 heteroatoms. The van der Waals surface area contributed by atoms with Crippen LogP contribution in [0.1, 0.15) is 34.8 Å². The van der Waals surface area contributed by atoms with E-state index in [1.807, 2.05) is 66.5 Å². The second-order valence-electron chi connectivity index (χ2n) is 6.85. The number of aromatic nitrogens is 1. The number of pyridine rings is 1. The lowest BCUT2D eigenvalue weighted by Crippen LogP contribution is -2.38. The highest BCUT2D eigenvalue weighted by atomic mass is 16.5. The normalized spacial score (nSPS) is 11.6. The molecule has 1 heterocycles. The predicted molar refractivity (Wildman–Crippen MR) is 111 cm³/mol. The van der Waals surface area contributed by atoms with Crippen LogP contribution in [0, 0.1) is 0 Å². The van der Waals surface area contributed by atoms with Gasteiger partial charge in [-0.3, -0.25) is 9.78 Å². The Balaban J connectivity index is 1.67. The van der Waals surface area contributed by atoms with Crippen LogP contribution < -0.4 is 4.74 Å². The van der Waals surface area contributed by atoms with Crippen LogP contribution in [-0.2, 0) is 13.0 Å². The zero-order valence-electron chi connectivity index (χ0n) is 16.4. The van der Waals surface area contributed by atoms with Crippen LogP contribution in [0.4, 0.5) is 0 Å². The molecule has 0 bridgehead atoms. The van der Waals surface area contributed by atoms with Gasteiger partial charge >= 0.3 is 0 Å². The summed E-state index contributed by atoms with van der Waals surface area (Å²) in [6, 6.07) is 21.7. The van der Waals surface area contributed by atoms with Crippen molar-refractivity contribution >= 4 is 5.91 Å². The topological polar surface area (TPSA) is 42.4 Å². The molecule has 1 aromatic heterocycles. The largest absolute Gasteiger partial charge is 0.489 e. The standard InChI is InChI=1S/C24H26N2O2/c1-3-22(15-19-9-5-4-6-10-19)26(2)24(27)21-12-7-13-23(16-21)28-18-20-11-8-14-25-17-20/h4-14,16-17,22H,3,15,18H2,1-2H3/t22-/m0/s1. The Morgan fingerprint density at radius 3 is 2.54 bits per heavy atom. The molecule has 0 fully saturated rings. The van der Waals surface area contributed by atoms with Gasteiger partial charge in [0.1, 0.15) is 12.4 Å². The van der Waals surface area contributed by atoms with E-state index >= 15 is 0 Å². The zero-order chi connectivity index (χ0) is 19.8. The molecule has 0 radical (unpaired) electrons. The Labute approximate surface area is 166 Å². The highest BCUT2D eigenvalue weighted by Gasteiger charge is 2.20. The van der Waals surface area contributed by atoms with Gasteiger partial charge in [0.05, 0.1) is 0 Å². The summed E-state index contributed by atoms with van der Waals surface area (Å²) in [5.41, 5.74) is 2.87. The number of nitrogens with zero attached hydrogens (tertiary/aromatic N) is 2. The third kappa shape index (κ3) is 5.19. The quantitative estimate of drug-likeness (QED) is 0.571. The molecular weight excluding hydrogens is 348 g/mol. The Morgan fingerprint density at radius 1 is 1.04 bits per heavy atom. The van der Waals surface area contributed by atoms with Crippen molar-refractivity contribution in [2.24, 2.45) is 0 Å². The monoisotopic (exact) mass is 374 g/mol. The van der Waals surface area contributed by atoms with Crippen molar-refractivity contribution in [1.29, 1.82) is 0 Å². The number of carbonyl (C=O) groups excluding carboxylic acids is 1. The van der Waals surface area contributed by atoms with Gasteiger partial charge in [-0.05, 0) is 42.7 Å². The highest BCUT2D eigenvalue weighted by Crippen LogP contribution is 2.19. The molecule has 0 N–H and O–H groups in total. The lowest BCUT2D eigenvalue weighted by Gasteiger charge is -2.27. The molecule has 1 atom stereocenters. The minimum Gasteiger partial charge on any atom is -0.489 e.